The lowest BCUT2D eigenvalue weighted by molar-refractivity contribution is 0.0440. The summed E-state index contributed by atoms with van der Waals surface area (Å²) in [6, 6.07) is 4.83. The minimum atomic E-state index is -1.38. The number of amides is 1. The predicted octanol–water partition coefficient (Wildman–Crippen LogP) is 3.37. The van der Waals surface area contributed by atoms with Gasteiger partial charge in [-0.3, -0.25) is 4.79 Å². The summed E-state index contributed by atoms with van der Waals surface area (Å²) < 4.78 is 7.23. The Morgan fingerprint density at radius 2 is 2.19 bits per heavy atom. The number of fused-ring (bicyclic) bond motifs is 2. The number of hydrogen-bond donors (Lipinski definition) is 2. The largest absolute Gasteiger partial charge is 0.431 e. The molecule has 0 saturated heterocycles. The van der Waals surface area contributed by atoms with Gasteiger partial charge in [-0.1, -0.05) is 23.2 Å². The van der Waals surface area contributed by atoms with Crippen molar-refractivity contribution in [1.82, 2.24) is 29.5 Å². The fourth-order valence-electron chi connectivity index (χ4n) is 3.75. The molecule has 2 N–H and O–H groups in total. The number of halogens is 2. The van der Waals surface area contributed by atoms with Crippen molar-refractivity contribution >= 4 is 34.6 Å². The van der Waals surface area contributed by atoms with Crippen LogP contribution in [0.5, 0.6) is 0 Å². The van der Waals surface area contributed by atoms with Gasteiger partial charge in [-0.25, -0.2) is 9.50 Å². The third-order valence-corrected chi connectivity index (χ3v) is 5.81. The van der Waals surface area contributed by atoms with Gasteiger partial charge in [0.2, 0.25) is 11.7 Å². The summed E-state index contributed by atoms with van der Waals surface area (Å²) in [7, 11) is 0. The molecule has 0 unspecified atom stereocenters. The number of oxazole rings is 1. The Bertz CT molecular complexity index is 1300. The van der Waals surface area contributed by atoms with Crippen LogP contribution in [-0.4, -0.2) is 47.0 Å². The summed E-state index contributed by atoms with van der Waals surface area (Å²) in [5.41, 5.74) is 1.57. The summed E-state index contributed by atoms with van der Waals surface area (Å²) in [6.07, 6.45) is 3.96. The number of imidazole rings is 1. The Hall–Kier alpha value is -2.88. The number of carbonyl (C=O) groups is 1. The first-order valence-electron chi connectivity index (χ1n) is 9.60. The molecule has 5 heterocycles. The highest BCUT2D eigenvalue weighted by molar-refractivity contribution is 6.33. The first kappa shape index (κ1) is 20.0. The molecule has 4 aromatic heterocycles. The number of aliphatic hydroxyl groups is 1. The molecular formula is C20H18Cl2N6O3. The van der Waals surface area contributed by atoms with Crippen molar-refractivity contribution in [1.29, 1.82) is 0 Å². The van der Waals surface area contributed by atoms with E-state index in [9.17, 15) is 9.90 Å². The van der Waals surface area contributed by atoms with Crippen LogP contribution in [0, 0.1) is 0 Å². The Balaban J connectivity index is 1.61. The molecule has 1 amide bonds. The second-order valence-electron chi connectivity index (χ2n) is 7.87. The van der Waals surface area contributed by atoms with Crippen LogP contribution in [0.15, 0.2) is 35.1 Å². The lowest BCUT2D eigenvalue weighted by Gasteiger charge is -2.33. The van der Waals surface area contributed by atoms with Crippen molar-refractivity contribution in [2.45, 2.75) is 31.9 Å². The van der Waals surface area contributed by atoms with E-state index in [0.717, 1.165) is 11.2 Å². The SMILES string of the molecule is CC(C)(O)c1nc(Cl)c(C(=O)N2CCc3[nH]cnc3[C@@H]2c2cc3c(Cl)cccn3n2)o1. The van der Waals surface area contributed by atoms with Crippen molar-refractivity contribution in [3.63, 3.8) is 0 Å². The molecule has 1 aliphatic rings. The van der Waals surface area contributed by atoms with E-state index in [0.29, 0.717) is 29.4 Å². The van der Waals surface area contributed by atoms with E-state index in [2.05, 4.69) is 20.1 Å². The van der Waals surface area contributed by atoms with Gasteiger partial charge in [-0.15, -0.1) is 0 Å². The van der Waals surface area contributed by atoms with Crippen molar-refractivity contribution in [3.05, 3.63) is 69.6 Å². The number of hydrogen-bond acceptors (Lipinski definition) is 6. The Morgan fingerprint density at radius 3 is 2.90 bits per heavy atom. The second-order valence-corrected chi connectivity index (χ2v) is 8.64. The van der Waals surface area contributed by atoms with Crippen LogP contribution < -0.4 is 0 Å². The summed E-state index contributed by atoms with van der Waals surface area (Å²) in [5.74, 6) is -0.631. The zero-order valence-electron chi connectivity index (χ0n) is 16.6. The van der Waals surface area contributed by atoms with Crippen LogP contribution in [0.2, 0.25) is 10.2 Å². The monoisotopic (exact) mass is 460 g/mol. The maximum atomic E-state index is 13.5. The van der Waals surface area contributed by atoms with Gasteiger partial charge < -0.3 is 19.4 Å². The molecule has 1 atom stereocenters. The molecule has 0 radical (unpaired) electrons. The highest BCUT2D eigenvalue weighted by Crippen LogP contribution is 2.36. The average molecular weight is 461 g/mol. The van der Waals surface area contributed by atoms with Crippen molar-refractivity contribution in [2.75, 3.05) is 6.54 Å². The van der Waals surface area contributed by atoms with E-state index in [1.807, 2.05) is 6.07 Å². The first-order chi connectivity index (χ1) is 14.7. The van der Waals surface area contributed by atoms with E-state index < -0.39 is 17.6 Å². The van der Waals surface area contributed by atoms with Gasteiger partial charge in [0, 0.05) is 24.9 Å². The molecule has 5 rings (SSSR count). The molecule has 9 nitrogen and oxygen atoms in total. The second kappa shape index (κ2) is 7.08. The number of nitrogens with one attached hydrogen (secondary N) is 1. The van der Waals surface area contributed by atoms with Crippen LogP contribution in [-0.2, 0) is 12.0 Å². The van der Waals surface area contributed by atoms with Gasteiger partial charge in [0.05, 0.1) is 28.3 Å². The Morgan fingerprint density at radius 1 is 1.39 bits per heavy atom. The average Bonchev–Trinajstić information content (AvgIpc) is 3.44. The van der Waals surface area contributed by atoms with E-state index in [1.165, 1.54) is 13.8 Å². The molecule has 0 saturated carbocycles. The van der Waals surface area contributed by atoms with E-state index in [1.54, 1.807) is 34.1 Å². The van der Waals surface area contributed by atoms with Gasteiger partial charge in [-0.2, -0.15) is 10.1 Å². The number of nitrogens with zero attached hydrogens (tertiary/aromatic N) is 5. The van der Waals surface area contributed by atoms with E-state index >= 15 is 0 Å². The molecule has 1 aliphatic heterocycles. The number of H-pyrrole nitrogens is 1. The molecule has 11 heteroatoms. The van der Waals surface area contributed by atoms with Crippen LogP contribution >= 0.6 is 23.2 Å². The van der Waals surface area contributed by atoms with Crippen LogP contribution in [0.1, 0.15) is 53.4 Å². The van der Waals surface area contributed by atoms with Gasteiger partial charge in [0.1, 0.15) is 11.6 Å². The molecule has 0 aromatic carbocycles. The van der Waals surface area contributed by atoms with Crippen molar-refractivity contribution in [2.24, 2.45) is 0 Å². The summed E-state index contributed by atoms with van der Waals surface area (Å²) in [6.45, 7) is 3.39. The Labute approximate surface area is 186 Å². The summed E-state index contributed by atoms with van der Waals surface area (Å²) in [4.78, 5) is 26.7. The third-order valence-electron chi connectivity index (χ3n) is 5.24. The quantitative estimate of drug-likeness (QED) is 0.484. The highest BCUT2D eigenvalue weighted by Gasteiger charge is 2.39. The summed E-state index contributed by atoms with van der Waals surface area (Å²) in [5, 5.41) is 15.3. The first-order valence-corrected chi connectivity index (χ1v) is 10.4. The molecule has 0 bridgehead atoms. The normalized spacial score (nSPS) is 16.7. The topological polar surface area (TPSA) is 113 Å². The van der Waals surface area contributed by atoms with Gasteiger partial charge in [0.25, 0.3) is 5.91 Å². The van der Waals surface area contributed by atoms with Gasteiger partial charge in [0.15, 0.2) is 5.15 Å². The van der Waals surface area contributed by atoms with E-state index in [-0.39, 0.29) is 16.8 Å². The molecule has 0 spiro atoms. The molecule has 0 fully saturated rings. The zero-order valence-corrected chi connectivity index (χ0v) is 18.1. The van der Waals surface area contributed by atoms with Gasteiger partial charge in [-0.05, 0) is 32.0 Å². The minimum absolute atomic E-state index is 0.0330. The lowest BCUT2D eigenvalue weighted by Crippen LogP contribution is -2.41. The van der Waals surface area contributed by atoms with Crippen molar-refractivity contribution in [3.8, 4) is 0 Å². The van der Waals surface area contributed by atoms with Crippen molar-refractivity contribution < 1.29 is 14.3 Å². The number of aromatic amines is 1. The number of rotatable bonds is 3. The fraction of sp³-hybridized carbons (Fsp3) is 0.300. The Kier molecular flexibility index (Phi) is 4.58. The minimum Gasteiger partial charge on any atom is -0.431 e. The molecular weight excluding hydrogens is 443 g/mol. The van der Waals surface area contributed by atoms with Gasteiger partial charge >= 0.3 is 0 Å². The lowest BCUT2D eigenvalue weighted by atomic mass is 9.99. The summed E-state index contributed by atoms with van der Waals surface area (Å²) >= 11 is 12.5. The van der Waals surface area contributed by atoms with Crippen LogP contribution in [0.3, 0.4) is 0 Å². The maximum absolute atomic E-state index is 13.5. The standard InChI is InChI=1S/C20H18Cl2N6O3/c1-20(2,30)19-25-17(22)16(31-19)18(29)27-7-5-11-14(24-9-23-11)15(27)12-8-13-10(21)4-3-6-28(13)26-12/h3-4,6,8-9,15,30H,5,7H2,1-2H3,(H,23,24)/t15-/m0/s1. The zero-order chi connectivity index (χ0) is 21.9. The number of pyridine rings is 1. The molecule has 0 aliphatic carbocycles. The van der Waals surface area contributed by atoms with Crippen LogP contribution in [0.4, 0.5) is 0 Å². The molecule has 31 heavy (non-hydrogen) atoms. The predicted molar refractivity (Wildman–Crippen MR) is 112 cm³/mol. The van der Waals surface area contributed by atoms with Crippen LogP contribution in [0.25, 0.3) is 5.52 Å². The third kappa shape index (κ3) is 3.29. The fourth-order valence-corrected chi connectivity index (χ4v) is 4.16. The highest BCUT2D eigenvalue weighted by atomic mass is 35.5. The molecule has 4 aromatic rings. The maximum Gasteiger partial charge on any atom is 0.293 e. The number of carbonyl (C=O) groups excluding carboxylic acids is 1. The smallest absolute Gasteiger partial charge is 0.293 e. The number of aromatic nitrogens is 5. The van der Waals surface area contributed by atoms with E-state index in [4.69, 9.17) is 27.6 Å². The molecule has 160 valence electrons.